The molecule has 0 saturated carbocycles. The van der Waals surface area contributed by atoms with E-state index in [9.17, 15) is 4.79 Å². The molecule has 4 heterocycles. The van der Waals surface area contributed by atoms with Crippen molar-refractivity contribution in [3.63, 3.8) is 0 Å². The zero-order chi connectivity index (χ0) is 24.2. The summed E-state index contributed by atoms with van der Waals surface area (Å²) in [7, 11) is 0. The molecule has 3 aromatic heterocycles. The zero-order valence-corrected chi connectivity index (χ0v) is 19.3. The molecule has 1 amide bonds. The van der Waals surface area contributed by atoms with Gasteiger partial charge in [-0.1, -0.05) is 18.2 Å². The molecule has 1 aliphatic heterocycles. The Balaban J connectivity index is 1.29. The molecule has 0 unspecified atom stereocenters. The fourth-order valence-electron chi connectivity index (χ4n) is 3.59. The van der Waals surface area contributed by atoms with Gasteiger partial charge in [-0.2, -0.15) is 0 Å². The summed E-state index contributed by atoms with van der Waals surface area (Å²) < 4.78 is 5.76. The molecule has 0 aliphatic carbocycles. The van der Waals surface area contributed by atoms with Gasteiger partial charge in [0.2, 0.25) is 5.91 Å². The Morgan fingerprint density at radius 3 is 2.86 bits per heavy atom. The van der Waals surface area contributed by atoms with Gasteiger partial charge in [0.25, 0.3) is 0 Å². The molecular formula is C24H21ClN8O2. The maximum atomic E-state index is 11.6. The Bertz CT molecular complexity index is 1380. The zero-order valence-electron chi connectivity index (χ0n) is 18.6. The Kier molecular flexibility index (Phi) is 6.36. The number of pyridine rings is 1. The number of nitrogens with one attached hydrogen (secondary N) is 2. The third-order valence-electron chi connectivity index (χ3n) is 5.39. The molecule has 2 N–H and O–H groups in total. The van der Waals surface area contributed by atoms with E-state index in [4.69, 9.17) is 21.3 Å². The van der Waals surface area contributed by atoms with Crippen molar-refractivity contribution in [3.05, 3.63) is 78.6 Å². The molecule has 176 valence electrons. The van der Waals surface area contributed by atoms with Crippen LogP contribution >= 0.6 is 11.6 Å². The van der Waals surface area contributed by atoms with Crippen LogP contribution in [0.3, 0.4) is 0 Å². The number of carbonyl (C=O) groups excluding carboxylic acids is 1. The molecule has 1 aliphatic rings. The van der Waals surface area contributed by atoms with Gasteiger partial charge in [-0.25, -0.2) is 15.0 Å². The maximum absolute atomic E-state index is 11.6. The van der Waals surface area contributed by atoms with Gasteiger partial charge >= 0.3 is 0 Å². The normalized spacial score (nSPS) is 13.2. The van der Waals surface area contributed by atoms with Crippen LogP contribution < -0.4 is 15.4 Å². The highest BCUT2D eigenvalue weighted by molar-refractivity contribution is 6.32. The molecule has 5 rings (SSSR count). The minimum Gasteiger partial charge on any atom is -0.486 e. The van der Waals surface area contributed by atoms with Crippen molar-refractivity contribution in [2.75, 3.05) is 23.7 Å². The van der Waals surface area contributed by atoms with Crippen LogP contribution in [0.1, 0.15) is 5.69 Å². The van der Waals surface area contributed by atoms with Crippen LogP contribution in [0.15, 0.2) is 67.9 Å². The summed E-state index contributed by atoms with van der Waals surface area (Å²) in [6.45, 7) is 4.98. The van der Waals surface area contributed by atoms with E-state index in [1.807, 2.05) is 18.2 Å². The summed E-state index contributed by atoms with van der Waals surface area (Å²) in [5, 5.41) is 7.04. The van der Waals surface area contributed by atoms with Crippen molar-refractivity contribution in [2.24, 2.45) is 0 Å². The summed E-state index contributed by atoms with van der Waals surface area (Å²) >= 11 is 6.44. The van der Waals surface area contributed by atoms with Gasteiger partial charge in [0, 0.05) is 31.2 Å². The lowest BCUT2D eigenvalue weighted by molar-refractivity contribution is -0.129. The molecular weight excluding hydrogens is 468 g/mol. The molecule has 0 spiro atoms. The van der Waals surface area contributed by atoms with E-state index in [1.54, 1.807) is 35.6 Å². The lowest BCUT2D eigenvalue weighted by Crippen LogP contribution is -2.56. The number of rotatable bonds is 8. The average molecular weight is 489 g/mol. The summed E-state index contributed by atoms with van der Waals surface area (Å²) in [4.78, 5) is 34.9. The number of amides is 1. The summed E-state index contributed by atoms with van der Waals surface area (Å²) in [5.74, 6) is 1.68. The van der Waals surface area contributed by atoms with Crippen molar-refractivity contribution >= 4 is 45.9 Å². The number of halogens is 1. The van der Waals surface area contributed by atoms with Crippen molar-refractivity contribution in [1.82, 2.24) is 29.8 Å². The van der Waals surface area contributed by atoms with Crippen molar-refractivity contribution in [2.45, 2.75) is 12.6 Å². The third-order valence-corrected chi connectivity index (χ3v) is 5.68. The van der Waals surface area contributed by atoms with E-state index in [0.717, 1.165) is 5.69 Å². The van der Waals surface area contributed by atoms with E-state index < -0.39 is 0 Å². The van der Waals surface area contributed by atoms with Crippen molar-refractivity contribution in [1.29, 1.82) is 0 Å². The van der Waals surface area contributed by atoms with E-state index in [0.29, 0.717) is 52.2 Å². The molecule has 11 heteroatoms. The smallest absolute Gasteiger partial charge is 0.246 e. The average Bonchev–Trinajstić information content (AvgIpc) is 2.86. The lowest BCUT2D eigenvalue weighted by Gasteiger charge is -2.39. The monoisotopic (exact) mass is 488 g/mol. The van der Waals surface area contributed by atoms with Crippen LogP contribution in [-0.4, -0.2) is 54.9 Å². The van der Waals surface area contributed by atoms with Gasteiger partial charge in [-0.15, -0.1) is 0 Å². The van der Waals surface area contributed by atoms with Gasteiger partial charge in [0.05, 0.1) is 28.5 Å². The van der Waals surface area contributed by atoms with Crippen LogP contribution in [0.2, 0.25) is 5.02 Å². The van der Waals surface area contributed by atoms with Gasteiger partial charge in [-0.3, -0.25) is 14.8 Å². The molecule has 0 radical (unpaired) electrons. The van der Waals surface area contributed by atoms with Crippen LogP contribution in [0.25, 0.3) is 11.0 Å². The van der Waals surface area contributed by atoms with Gasteiger partial charge < -0.3 is 20.3 Å². The summed E-state index contributed by atoms with van der Waals surface area (Å²) in [5.41, 5.74) is 2.73. The number of nitrogens with zero attached hydrogens (tertiary/aromatic N) is 6. The number of hydrogen-bond acceptors (Lipinski definition) is 9. The first-order chi connectivity index (χ1) is 17.1. The maximum Gasteiger partial charge on any atom is 0.246 e. The molecule has 0 bridgehead atoms. The molecule has 1 saturated heterocycles. The summed E-state index contributed by atoms with van der Waals surface area (Å²) in [6, 6.07) is 9.23. The minimum absolute atomic E-state index is 0.0711. The predicted octanol–water partition coefficient (Wildman–Crippen LogP) is 3.60. The first-order valence-corrected chi connectivity index (χ1v) is 11.2. The van der Waals surface area contributed by atoms with Gasteiger partial charge in [-0.05, 0) is 36.4 Å². The number of carbonyl (C=O) groups is 1. The Labute approximate surface area is 206 Å². The van der Waals surface area contributed by atoms with Crippen molar-refractivity contribution < 1.29 is 9.53 Å². The molecule has 10 nitrogen and oxygen atoms in total. The number of hydrogen-bond donors (Lipinski definition) is 2. The van der Waals surface area contributed by atoms with E-state index >= 15 is 0 Å². The number of benzene rings is 1. The number of likely N-dealkylation sites (tertiary alicyclic amines) is 1. The fourth-order valence-corrected chi connectivity index (χ4v) is 3.82. The highest BCUT2D eigenvalue weighted by atomic mass is 35.5. The second-order valence-electron chi connectivity index (χ2n) is 7.83. The van der Waals surface area contributed by atoms with Crippen LogP contribution in [0.5, 0.6) is 5.75 Å². The number of aromatic nitrogens is 5. The van der Waals surface area contributed by atoms with E-state index in [1.165, 1.54) is 12.4 Å². The van der Waals surface area contributed by atoms with Crippen molar-refractivity contribution in [3.8, 4) is 5.75 Å². The molecule has 1 fully saturated rings. The van der Waals surface area contributed by atoms with Gasteiger partial charge in [0.1, 0.15) is 30.0 Å². The lowest BCUT2D eigenvalue weighted by atomic mass is 10.1. The third kappa shape index (κ3) is 5.12. The molecule has 35 heavy (non-hydrogen) atoms. The number of anilines is 3. The molecule has 1 aromatic carbocycles. The second kappa shape index (κ2) is 9.90. The van der Waals surface area contributed by atoms with E-state index in [2.05, 4.69) is 37.1 Å². The predicted molar refractivity (Wildman–Crippen MR) is 133 cm³/mol. The fraction of sp³-hybridized carbons (Fsp3) is 0.167. The summed E-state index contributed by atoms with van der Waals surface area (Å²) in [6.07, 6.45) is 7.66. The topological polar surface area (TPSA) is 118 Å². The first-order valence-electron chi connectivity index (χ1n) is 10.8. The van der Waals surface area contributed by atoms with Gasteiger partial charge in [0.15, 0.2) is 5.82 Å². The molecule has 4 aromatic rings. The molecule has 0 atom stereocenters. The Hall–Kier alpha value is -4.31. The van der Waals surface area contributed by atoms with Crippen LogP contribution in [0.4, 0.5) is 17.3 Å². The highest BCUT2D eigenvalue weighted by Crippen LogP contribution is 2.31. The minimum atomic E-state index is -0.0711. The number of fused-ring (bicyclic) bond motifs is 1. The Morgan fingerprint density at radius 1 is 1.20 bits per heavy atom. The standard InChI is InChI=1S/C24H21ClN8O2/c1-2-22(34)33-11-17(12-33)30-21-6-4-19-23(32-21)24(29-14-28-19)31-15-3-5-20(18(25)9-15)35-13-16-10-26-7-8-27-16/h2-10,14,17H,1,11-13H2,(H,30,32)(H,28,29,31). The largest absolute Gasteiger partial charge is 0.486 e. The van der Waals surface area contributed by atoms with E-state index in [-0.39, 0.29) is 18.6 Å². The van der Waals surface area contributed by atoms with Crippen LogP contribution in [0, 0.1) is 0 Å². The quantitative estimate of drug-likeness (QED) is 0.358. The number of ether oxygens (including phenoxy) is 1. The first kappa shape index (κ1) is 22.5. The highest BCUT2D eigenvalue weighted by Gasteiger charge is 2.29. The Morgan fingerprint density at radius 2 is 2.09 bits per heavy atom. The SMILES string of the molecule is C=CC(=O)N1CC(Nc2ccc3ncnc(Nc4ccc(OCc5cnccn5)c(Cl)c4)c3n2)C1. The van der Waals surface area contributed by atoms with Crippen LogP contribution in [-0.2, 0) is 11.4 Å². The second-order valence-corrected chi connectivity index (χ2v) is 8.24.